The molecule has 5 nitrogen and oxygen atoms in total. The first-order chi connectivity index (χ1) is 22.0. The molecule has 0 radical (unpaired) electrons. The molecule has 0 bridgehead atoms. The molecule has 0 unspecified atom stereocenters. The predicted molar refractivity (Wildman–Crippen MR) is 194 cm³/mol. The van der Waals surface area contributed by atoms with Crippen molar-refractivity contribution in [2.45, 2.75) is 183 Å². The van der Waals surface area contributed by atoms with E-state index in [1.807, 2.05) is 27.7 Å². The van der Waals surface area contributed by atoms with Gasteiger partial charge in [0, 0.05) is 0 Å². The fourth-order valence-electron chi connectivity index (χ4n) is 11.0. The molecule has 4 rings (SSSR count). The van der Waals surface area contributed by atoms with Crippen molar-refractivity contribution in [3.05, 3.63) is 23.3 Å². The Morgan fingerprint density at radius 1 is 0.766 bits per heavy atom. The zero-order chi connectivity index (χ0) is 35.5. The molecular weight excluding hydrogens is 584 g/mol. The molecule has 5 heteroatoms. The van der Waals surface area contributed by atoms with Crippen LogP contribution in [0.5, 0.6) is 0 Å². The highest BCUT2D eigenvalue weighted by Gasteiger charge is 2.51. The van der Waals surface area contributed by atoms with E-state index in [1.165, 1.54) is 95.5 Å². The van der Waals surface area contributed by atoms with Gasteiger partial charge in [0.2, 0.25) is 0 Å². The average Bonchev–Trinajstić information content (AvgIpc) is 3.50. The number of aliphatic hydroxyl groups excluding tert-OH is 1. The summed E-state index contributed by atoms with van der Waals surface area (Å²) >= 11 is 0. The van der Waals surface area contributed by atoms with Crippen molar-refractivity contribution in [3.63, 3.8) is 0 Å². The van der Waals surface area contributed by atoms with E-state index in [0.717, 1.165) is 48.9 Å². The summed E-state index contributed by atoms with van der Waals surface area (Å²) < 4.78 is 0. The second-order valence-corrected chi connectivity index (χ2v) is 17.8. The van der Waals surface area contributed by atoms with Gasteiger partial charge in [-0.25, -0.2) is 0 Å². The van der Waals surface area contributed by atoms with E-state index in [2.05, 4.69) is 46.8 Å². The van der Waals surface area contributed by atoms with Gasteiger partial charge in [0.1, 0.15) is 0 Å². The fourth-order valence-corrected chi connectivity index (χ4v) is 11.0. The maximum atomic E-state index is 9.92. The number of fused-ring (bicyclic) bond motifs is 2. The fraction of sp³-hybridized carbons (Fsp3) is 0.881. The minimum Gasteiger partial charge on any atom is -0.392 e. The first-order valence-electron chi connectivity index (χ1n) is 19.4. The zero-order valence-electron chi connectivity index (χ0n) is 32.0. The molecule has 0 spiro atoms. The van der Waals surface area contributed by atoms with E-state index < -0.39 is 11.2 Å². The number of allylic oxidation sites excluding steroid dienone is 3. The van der Waals surface area contributed by atoms with Crippen LogP contribution >= 0.6 is 0 Å². The van der Waals surface area contributed by atoms with Crippen molar-refractivity contribution in [1.29, 1.82) is 0 Å². The molecule has 3 N–H and O–H groups in total. The van der Waals surface area contributed by atoms with E-state index in [0.29, 0.717) is 16.7 Å². The van der Waals surface area contributed by atoms with Crippen LogP contribution < -0.4 is 0 Å². The third-order valence-electron chi connectivity index (χ3n) is 13.2. The van der Waals surface area contributed by atoms with Crippen molar-refractivity contribution in [2.24, 2.45) is 46.3 Å². The lowest BCUT2D eigenvalue weighted by Crippen LogP contribution is -2.36. The number of aliphatic hydroxyl groups is 3. The highest BCUT2D eigenvalue weighted by atomic mass is 16.3. The zero-order valence-corrected chi connectivity index (χ0v) is 32.0. The molecule has 4 aliphatic carbocycles. The van der Waals surface area contributed by atoms with Gasteiger partial charge in [0.15, 0.2) is 0 Å². The lowest BCUT2D eigenvalue weighted by Gasteiger charge is -2.44. The maximum absolute atomic E-state index is 9.92. The number of rotatable bonds is 12. The van der Waals surface area contributed by atoms with Crippen molar-refractivity contribution < 1.29 is 24.9 Å². The third-order valence-corrected chi connectivity index (χ3v) is 13.2. The Balaban J connectivity index is 0.000000302. The SMILES string of the molecule is CC/C=C1\CCC[C@]2(C)[C@@H]([C@H](C)CCCC(C)(C)O)CC[C@@H]12.C[C@H](CCCC(C)(C)O)[C@H]1CC[C@H]2/C(=C/CO)CCC[C@]12C.O=C=O. The summed E-state index contributed by atoms with van der Waals surface area (Å²) in [5.74, 6) is 4.81. The molecule has 272 valence electrons. The monoisotopic (exact) mass is 659 g/mol. The summed E-state index contributed by atoms with van der Waals surface area (Å²) in [6, 6.07) is 0. The van der Waals surface area contributed by atoms with E-state index in [-0.39, 0.29) is 12.8 Å². The van der Waals surface area contributed by atoms with Crippen LogP contribution in [0, 0.1) is 46.3 Å². The molecule has 0 amide bonds. The van der Waals surface area contributed by atoms with Gasteiger partial charge in [-0.15, -0.1) is 0 Å². The van der Waals surface area contributed by atoms with E-state index in [9.17, 15) is 15.3 Å². The van der Waals surface area contributed by atoms with Gasteiger partial charge in [-0.1, -0.05) is 83.6 Å². The Labute approximate surface area is 289 Å². The minimum atomic E-state index is -0.524. The van der Waals surface area contributed by atoms with Crippen LogP contribution in [-0.2, 0) is 9.59 Å². The van der Waals surface area contributed by atoms with Crippen LogP contribution in [0.1, 0.15) is 171 Å². The van der Waals surface area contributed by atoms with Crippen molar-refractivity contribution in [1.82, 2.24) is 0 Å². The molecule has 0 heterocycles. The quantitative estimate of drug-likeness (QED) is 0.181. The van der Waals surface area contributed by atoms with Gasteiger partial charge in [-0.05, 0) is 158 Å². The molecule has 0 saturated heterocycles. The molecule has 0 aliphatic heterocycles. The summed E-state index contributed by atoms with van der Waals surface area (Å²) in [4.78, 5) is 16.2. The average molecular weight is 659 g/mol. The van der Waals surface area contributed by atoms with E-state index >= 15 is 0 Å². The topological polar surface area (TPSA) is 94.8 Å². The van der Waals surface area contributed by atoms with Gasteiger partial charge >= 0.3 is 6.15 Å². The molecule has 0 aromatic heterocycles. The lowest BCUT2D eigenvalue weighted by molar-refractivity contribution is -0.191. The Morgan fingerprint density at radius 2 is 1.15 bits per heavy atom. The van der Waals surface area contributed by atoms with Crippen LogP contribution in [-0.4, -0.2) is 39.3 Å². The first kappa shape index (κ1) is 41.9. The van der Waals surface area contributed by atoms with Gasteiger partial charge in [-0.3, -0.25) is 0 Å². The molecule has 8 atom stereocenters. The smallest absolute Gasteiger partial charge is 0.373 e. The number of hydrogen-bond acceptors (Lipinski definition) is 5. The minimum absolute atomic E-state index is 0.202. The van der Waals surface area contributed by atoms with E-state index in [4.69, 9.17) is 9.59 Å². The molecule has 0 aromatic rings. The lowest BCUT2D eigenvalue weighted by atomic mass is 9.60. The van der Waals surface area contributed by atoms with Crippen LogP contribution in [0.2, 0.25) is 0 Å². The van der Waals surface area contributed by atoms with Gasteiger partial charge in [0.25, 0.3) is 0 Å². The Hall–Kier alpha value is -1.26. The first-order valence-corrected chi connectivity index (χ1v) is 19.4. The van der Waals surface area contributed by atoms with Gasteiger partial charge in [-0.2, -0.15) is 9.59 Å². The number of hydrogen-bond donors (Lipinski definition) is 3. The molecule has 4 aliphatic rings. The van der Waals surface area contributed by atoms with Crippen molar-refractivity contribution in [2.75, 3.05) is 6.61 Å². The summed E-state index contributed by atoms with van der Waals surface area (Å²) in [6.45, 7) is 20.2. The van der Waals surface area contributed by atoms with Crippen molar-refractivity contribution in [3.8, 4) is 0 Å². The van der Waals surface area contributed by atoms with Gasteiger partial charge in [0.05, 0.1) is 17.8 Å². The second kappa shape index (κ2) is 18.7. The molecule has 4 saturated carbocycles. The van der Waals surface area contributed by atoms with E-state index in [1.54, 1.807) is 5.57 Å². The number of carbonyl (C=O) groups excluding carboxylic acids is 2. The largest absolute Gasteiger partial charge is 0.392 e. The molecule has 0 aromatic carbocycles. The summed E-state index contributed by atoms with van der Waals surface area (Å²) in [6.07, 6.45) is 26.2. The third kappa shape index (κ3) is 11.9. The molecule has 47 heavy (non-hydrogen) atoms. The highest BCUT2D eigenvalue weighted by molar-refractivity contribution is 5.20. The Kier molecular flexibility index (Phi) is 16.6. The standard InChI is InChI=1S/C21H38O.C20H36O2.CO2/c1-6-9-17-11-8-15-21(5)18(12-13-19(17)21)16(2)10-7-14-20(3,4)22;1-15(7-5-12-19(2,3)22)17-9-10-18-16(11-14-21)8-6-13-20(17,18)4;2-1-3/h9,16,18-19,22H,6-8,10-15H2,1-5H3;11,15,17-18,21-22H,5-10,12-14H2,1-4H3;/b17-9+;16-11+;/t16-,18-,19+,21-;15-,17-,18+,20-;/m11./s1. The Bertz CT molecular complexity index is 949. The second-order valence-electron chi connectivity index (χ2n) is 17.8. The van der Waals surface area contributed by atoms with Crippen LogP contribution in [0.3, 0.4) is 0 Å². The predicted octanol–water partition coefficient (Wildman–Crippen LogP) is 10.2. The summed E-state index contributed by atoms with van der Waals surface area (Å²) in [7, 11) is 0. The van der Waals surface area contributed by atoms with Crippen molar-refractivity contribution >= 4 is 6.15 Å². The maximum Gasteiger partial charge on any atom is 0.373 e. The highest BCUT2D eigenvalue weighted by Crippen LogP contribution is 2.61. The summed E-state index contributed by atoms with van der Waals surface area (Å²) in [5.41, 5.74) is 3.28. The normalized spacial score (nSPS) is 33.5. The van der Waals surface area contributed by atoms with Gasteiger partial charge < -0.3 is 15.3 Å². The molecule has 4 fully saturated rings. The van der Waals surface area contributed by atoms with Crippen LogP contribution in [0.4, 0.5) is 0 Å². The Morgan fingerprint density at radius 3 is 1.49 bits per heavy atom. The van der Waals surface area contributed by atoms with Crippen LogP contribution in [0.15, 0.2) is 23.3 Å². The van der Waals surface area contributed by atoms with Crippen LogP contribution in [0.25, 0.3) is 0 Å². The summed E-state index contributed by atoms with van der Waals surface area (Å²) in [5, 5.41) is 29.1. The molecular formula is C42H74O5.